The molecule has 2 aliphatic heterocycles. The quantitative estimate of drug-likeness (QED) is 0.911. The van der Waals surface area contributed by atoms with Gasteiger partial charge < -0.3 is 5.32 Å². The second-order valence-electron chi connectivity index (χ2n) is 7.23. The van der Waals surface area contributed by atoms with E-state index in [0.29, 0.717) is 0 Å². The van der Waals surface area contributed by atoms with Crippen molar-refractivity contribution in [2.45, 2.75) is 69.5 Å². The van der Waals surface area contributed by atoms with Gasteiger partial charge >= 0.3 is 0 Å². The first-order valence-electron chi connectivity index (χ1n) is 8.07. The molecule has 2 unspecified atom stereocenters. The average Bonchev–Trinajstić information content (AvgIpc) is 2.92. The summed E-state index contributed by atoms with van der Waals surface area (Å²) in [5.41, 5.74) is 0.286. The average molecular weight is 292 g/mol. The van der Waals surface area contributed by atoms with Gasteiger partial charge in [-0.25, -0.2) is 0 Å². The number of nitrogens with one attached hydrogen (secondary N) is 1. The van der Waals surface area contributed by atoms with Gasteiger partial charge in [-0.15, -0.1) is 11.3 Å². The Labute approximate surface area is 127 Å². The monoisotopic (exact) mass is 292 g/mol. The number of thiophene rings is 1. The van der Waals surface area contributed by atoms with E-state index in [1.54, 1.807) is 0 Å². The minimum absolute atomic E-state index is 0.286. The van der Waals surface area contributed by atoms with E-state index in [0.717, 1.165) is 18.1 Å². The highest BCUT2D eigenvalue weighted by Gasteiger charge is 2.40. The first kappa shape index (κ1) is 14.6. The molecule has 0 radical (unpaired) electrons. The molecule has 2 nitrogen and oxygen atoms in total. The number of piperidine rings is 2. The summed E-state index contributed by atoms with van der Waals surface area (Å²) in [5, 5.41) is 5.73. The largest absolute Gasteiger partial charge is 0.317 e. The molecule has 2 atom stereocenters. The molecule has 1 N–H and O–H groups in total. The van der Waals surface area contributed by atoms with Crippen LogP contribution in [0.15, 0.2) is 17.5 Å². The predicted octanol–water partition coefficient (Wildman–Crippen LogP) is 3.63. The molecule has 2 saturated heterocycles. The van der Waals surface area contributed by atoms with E-state index in [4.69, 9.17) is 0 Å². The summed E-state index contributed by atoms with van der Waals surface area (Å²) in [4.78, 5) is 4.38. The van der Waals surface area contributed by atoms with Crippen LogP contribution in [0.25, 0.3) is 0 Å². The van der Waals surface area contributed by atoms with Crippen LogP contribution in [0.3, 0.4) is 0 Å². The normalized spacial score (nSPS) is 31.4. The molecule has 0 saturated carbocycles. The third kappa shape index (κ3) is 2.81. The molecule has 2 bridgehead atoms. The number of hydrogen-bond donors (Lipinski definition) is 1. The molecule has 2 fully saturated rings. The molecule has 112 valence electrons. The van der Waals surface area contributed by atoms with Crippen molar-refractivity contribution >= 4 is 11.3 Å². The van der Waals surface area contributed by atoms with E-state index in [-0.39, 0.29) is 5.41 Å². The first-order chi connectivity index (χ1) is 9.60. The van der Waals surface area contributed by atoms with Crippen LogP contribution in [-0.2, 0) is 5.41 Å². The lowest BCUT2D eigenvalue weighted by atomic mass is 9.79. The first-order valence-corrected chi connectivity index (χ1v) is 8.95. The molecule has 3 rings (SSSR count). The van der Waals surface area contributed by atoms with Crippen molar-refractivity contribution in [1.29, 1.82) is 0 Å². The maximum absolute atomic E-state index is 3.52. The molecule has 0 amide bonds. The summed E-state index contributed by atoms with van der Waals surface area (Å²) in [6, 6.07) is 6.85. The summed E-state index contributed by atoms with van der Waals surface area (Å²) in [7, 11) is 2.13. The standard InChI is InChI=1S/C17H28N2S/c1-17(2,16-8-5-9-20-16)12-19-14-6-4-7-15(19)11-13(10-14)18-3/h5,8-9,13-15,18H,4,6-7,10-12H2,1-3H3. The lowest BCUT2D eigenvalue weighted by molar-refractivity contribution is 0.0119. The van der Waals surface area contributed by atoms with E-state index < -0.39 is 0 Å². The zero-order valence-corrected chi connectivity index (χ0v) is 13.9. The fourth-order valence-corrected chi connectivity index (χ4v) is 5.01. The van der Waals surface area contributed by atoms with Gasteiger partial charge in [-0.2, -0.15) is 0 Å². The second-order valence-corrected chi connectivity index (χ2v) is 8.18. The van der Waals surface area contributed by atoms with Crippen LogP contribution >= 0.6 is 11.3 Å². The summed E-state index contributed by atoms with van der Waals surface area (Å²) < 4.78 is 0. The Balaban J connectivity index is 1.74. The van der Waals surface area contributed by atoms with Gasteiger partial charge in [-0.3, -0.25) is 4.90 Å². The zero-order valence-electron chi connectivity index (χ0n) is 13.1. The van der Waals surface area contributed by atoms with E-state index in [9.17, 15) is 0 Å². The van der Waals surface area contributed by atoms with Crippen molar-refractivity contribution in [3.63, 3.8) is 0 Å². The highest BCUT2D eigenvalue weighted by atomic mass is 32.1. The SMILES string of the molecule is CNC1CC2CCCC(C1)N2CC(C)(C)c1cccs1. The minimum atomic E-state index is 0.286. The van der Waals surface area contributed by atoms with Gasteiger partial charge in [-0.05, 0) is 44.2 Å². The fraction of sp³-hybridized carbons (Fsp3) is 0.765. The van der Waals surface area contributed by atoms with Crippen molar-refractivity contribution in [3.05, 3.63) is 22.4 Å². The van der Waals surface area contributed by atoms with Crippen LogP contribution < -0.4 is 5.32 Å². The topological polar surface area (TPSA) is 15.3 Å². The summed E-state index contributed by atoms with van der Waals surface area (Å²) in [6.45, 7) is 6.05. The van der Waals surface area contributed by atoms with Crippen LogP contribution in [-0.4, -0.2) is 36.6 Å². The van der Waals surface area contributed by atoms with Crippen molar-refractivity contribution in [3.8, 4) is 0 Å². The maximum Gasteiger partial charge on any atom is 0.0118 e. The molecule has 3 heterocycles. The molecule has 20 heavy (non-hydrogen) atoms. The fourth-order valence-electron chi connectivity index (χ4n) is 4.17. The van der Waals surface area contributed by atoms with Gasteiger partial charge in [-0.1, -0.05) is 26.3 Å². The van der Waals surface area contributed by atoms with Crippen molar-refractivity contribution < 1.29 is 0 Å². The van der Waals surface area contributed by atoms with Crippen LogP contribution in [0.2, 0.25) is 0 Å². The third-order valence-electron chi connectivity index (χ3n) is 5.30. The molecule has 0 aliphatic carbocycles. The van der Waals surface area contributed by atoms with E-state index in [1.165, 1.54) is 43.5 Å². The molecule has 1 aromatic heterocycles. The predicted molar refractivity (Wildman–Crippen MR) is 87.6 cm³/mol. The lowest BCUT2D eigenvalue weighted by Gasteiger charge is -2.51. The Morgan fingerprint density at radius 1 is 1.30 bits per heavy atom. The molecule has 0 aromatic carbocycles. The van der Waals surface area contributed by atoms with E-state index in [2.05, 4.69) is 48.6 Å². The minimum Gasteiger partial charge on any atom is -0.317 e. The maximum atomic E-state index is 3.52. The summed E-state index contributed by atoms with van der Waals surface area (Å²) >= 11 is 1.91. The van der Waals surface area contributed by atoms with Gasteiger partial charge in [0.05, 0.1) is 0 Å². The Bertz CT molecular complexity index is 412. The number of fused-ring (bicyclic) bond motifs is 2. The highest BCUT2D eigenvalue weighted by molar-refractivity contribution is 7.10. The molecule has 3 heteroatoms. The number of rotatable bonds is 4. The number of hydrogen-bond acceptors (Lipinski definition) is 3. The molecule has 0 spiro atoms. The van der Waals surface area contributed by atoms with Gasteiger partial charge in [0.25, 0.3) is 0 Å². The van der Waals surface area contributed by atoms with E-state index in [1.807, 2.05) is 11.3 Å². The van der Waals surface area contributed by atoms with Crippen LogP contribution in [0.4, 0.5) is 0 Å². The van der Waals surface area contributed by atoms with Crippen LogP contribution in [0.1, 0.15) is 50.8 Å². The van der Waals surface area contributed by atoms with E-state index >= 15 is 0 Å². The van der Waals surface area contributed by atoms with Gasteiger partial charge in [0, 0.05) is 35.0 Å². The van der Waals surface area contributed by atoms with Gasteiger partial charge in [0.15, 0.2) is 0 Å². The molecular formula is C17H28N2S. The van der Waals surface area contributed by atoms with Crippen molar-refractivity contribution in [2.75, 3.05) is 13.6 Å². The Morgan fingerprint density at radius 3 is 2.55 bits per heavy atom. The lowest BCUT2D eigenvalue weighted by Crippen LogP contribution is -2.58. The van der Waals surface area contributed by atoms with Crippen LogP contribution in [0, 0.1) is 0 Å². The smallest absolute Gasteiger partial charge is 0.0118 e. The molecular weight excluding hydrogens is 264 g/mol. The summed E-state index contributed by atoms with van der Waals surface area (Å²) in [5.74, 6) is 0. The van der Waals surface area contributed by atoms with Crippen LogP contribution in [0.5, 0.6) is 0 Å². The Morgan fingerprint density at radius 2 is 2.00 bits per heavy atom. The molecule has 1 aromatic rings. The highest BCUT2D eigenvalue weighted by Crippen LogP contribution is 2.38. The Kier molecular flexibility index (Phi) is 4.21. The zero-order chi connectivity index (χ0) is 14.2. The van der Waals surface area contributed by atoms with Gasteiger partial charge in [0.1, 0.15) is 0 Å². The second kappa shape index (κ2) is 5.78. The van der Waals surface area contributed by atoms with Gasteiger partial charge in [0.2, 0.25) is 0 Å². The molecule has 2 aliphatic rings. The summed E-state index contributed by atoms with van der Waals surface area (Å²) in [6.07, 6.45) is 6.91. The number of nitrogens with zero attached hydrogens (tertiary/aromatic N) is 1. The third-order valence-corrected chi connectivity index (χ3v) is 6.54. The van der Waals surface area contributed by atoms with Crippen molar-refractivity contribution in [2.24, 2.45) is 0 Å². The van der Waals surface area contributed by atoms with Crippen molar-refractivity contribution in [1.82, 2.24) is 10.2 Å². The Hall–Kier alpha value is -0.380.